The Labute approximate surface area is 156 Å². The summed E-state index contributed by atoms with van der Waals surface area (Å²) in [5.41, 5.74) is -0.306. The van der Waals surface area contributed by atoms with Gasteiger partial charge in [-0.3, -0.25) is 4.79 Å². The van der Waals surface area contributed by atoms with Crippen LogP contribution in [0, 0.1) is 0 Å². The molecule has 0 aromatic heterocycles. The minimum absolute atomic E-state index is 0.144. The maximum absolute atomic E-state index is 12.5. The monoisotopic (exact) mass is 421 g/mol. The number of rotatable bonds is 12. The van der Waals surface area contributed by atoms with E-state index in [1.807, 2.05) is 0 Å². The predicted octanol–water partition coefficient (Wildman–Crippen LogP) is 6.94. The second kappa shape index (κ2) is 12.3. The van der Waals surface area contributed by atoms with Crippen molar-refractivity contribution in [3.05, 3.63) is 29.8 Å². The Morgan fingerprint density at radius 3 is 1.80 bits per heavy atom. The quantitative estimate of drug-likeness (QED) is 0.287. The van der Waals surface area contributed by atoms with Crippen LogP contribution in [0.3, 0.4) is 0 Å². The Balaban J connectivity index is 2.07. The number of hydrogen-bond donors (Lipinski definition) is 1. The molecule has 0 aliphatic carbocycles. The van der Waals surface area contributed by atoms with E-state index >= 15 is 0 Å². The summed E-state index contributed by atoms with van der Waals surface area (Å²) in [5.74, 6) is -0.144. The van der Waals surface area contributed by atoms with Gasteiger partial charge in [-0.2, -0.15) is 13.2 Å². The molecule has 0 aliphatic heterocycles. The van der Waals surface area contributed by atoms with Gasteiger partial charge in [0.2, 0.25) is 5.91 Å². The van der Waals surface area contributed by atoms with Crippen molar-refractivity contribution >= 4 is 27.5 Å². The molecule has 0 radical (unpaired) electrons. The van der Waals surface area contributed by atoms with Gasteiger partial charge in [0.05, 0.1) is 5.56 Å². The van der Waals surface area contributed by atoms with E-state index in [4.69, 9.17) is 0 Å². The summed E-state index contributed by atoms with van der Waals surface area (Å²) in [4.78, 5) is 11.8. The third-order valence-corrected chi connectivity index (χ3v) is 4.59. The molecule has 0 saturated heterocycles. The minimum atomic E-state index is -4.35. The summed E-state index contributed by atoms with van der Waals surface area (Å²) in [6, 6.07) is 4.54. The number of carbonyl (C=O) groups excluding carboxylic acids is 1. The van der Waals surface area contributed by atoms with E-state index in [0.717, 1.165) is 36.7 Å². The molecule has 1 N–H and O–H groups in total. The van der Waals surface area contributed by atoms with E-state index in [0.29, 0.717) is 12.1 Å². The number of amides is 1. The summed E-state index contributed by atoms with van der Waals surface area (Å²) in [6.45, 7) is 0. The first-order valence-electron chi connectivity index (χ1n) is 8.96. The third-order valence-electron chi connectivity index (χ3n) is 4.03. The maximum atomic E-state index is 12.5. The SMILES string of the molecule is O=C(CCCCCCCCCCCBr)Nc1ccc(C(F)(F)F)cc1. The fourth-order valence-corrected chi connectivity index (χ4v) is 2.98. The van der Waals surface area contributed by atoms with Gasteiger partial charge in [-0.05, 0) is 37.1 Å². The molecule has 0 heterocycles. The molecule has 2 nitrogen and oxygen atoms in total. The van der Waals surface area contributed by atoms with Gasteiger partial charge in [-0.1, -0.05) is 60.9 Å². The molecule has 1 rings (SSSR count). The molecular weight excluding hydrogens is 395 g/mol. The van der Waals surface area contributed by atoms with Crippen molar-refractivity contribution in [1.29, 1.82) is 0 Å². The molecule has 0 fully saturated rings. The highest BCUT2D eigenvalue weighted by Gasteiger charge is 2.29. The van der Waals surface area contributed by atoms with Crippen molar-refractivity contribution in [2.24, 2.45) is 0 Å². The molecule has 0 spiro atoms. The molecule has 0 atom stereocenters. The van der Waals surface area contributed by atoms with E-state index in [2.05, 4.69) is 21.2 Å². The van der Waals surface area contributed by atoms with Gasteiger partial charge in [-0.15, -0.1) is 0 Å². The average Bonchev–Trinajstić information content (AvgIpc) is 2.56. The first-order valence-corrected chi connectivity index (χ1v) is 10.1. The van der Waals surface area contributed by atoms with Gasteiger partial charge in [-0.25, -0.2) is 0 Å². The Kier molecular flexibility index (Phi) is 10.9. The summed E-state index contributed by atoms with van der Waals surface area (Å²) >= 11 is 3.43. The van der Waals surface area contributed by atoms with Gasteiger partial charge in [0.25, 0.3) is 0 Å². The Bertz CT molecular complexity index is 488. The predicted molar refractivity (Wildman–Crippen MR) is 100 cm³/mol. The minimum Gasteiger partial charge on any atom is -0.326 e. The first kappa shape index (κ1) is 22.0. The molecule has 0 saturated carbocycles. The first-order chi connectivity index (χ1) is 11.9. The zero-order valence-electron chi connectivity index (χ0n) is 14.5. The zero-order chi connectivity index (χ0) is 18.5. The van der Waals surface area contributed by atoms with Crippen LogP contribution < -0.4 is 5.32 Å². The van der Waals surface area contributed by atoms with Crippen molar-refractivity contribution in [3.8, 4) is 0 Å². The van der Waals surface area contributed by atoms with Crippen LogP contribution in [0.4, 0.5) is 18.9 Å². The van der Waals surface area contributed by atoms with E-state index in [1.54, 1.807) is 0 Å². The van der Waals surface area contributed by atoms with Gasteiger partial charge in [0, 0.05) is 17.4 Å². The number of carbonyl (C=O) groups is 1. The normalized spacial score (nSPS) is 11.5. The van der Waals surface area contributed by atoms with Crippen molar-refractivity contribution in [1.82, 2.24) is 0 Å². The lowest BCUT2D eigenvalue weighted by Crippen LogP contribution is -2.11. The number of benzene rings is 1. The molecule has 1 amide bonds. The summed E-state index contributed by atoms with van der Waals surface area (Å²) in [5, 5.41) is 3.73. The van der Waals surface area contributed by atoms with Crippen molar-refractivity contribution in [2.75, 3.05) is 10.6 Å². The largest absolute Gasteiger partial charge is 0.416 e. The molecule has 1 aromatic rings. The molecule has 0 bridgehead atoms. The number of hydrogen-bond acceptors (Lipinski definition) is 1. The Morgan fingerprint density at radius 2 is 1.32 bits per heavy atom. The molecule has 0 unspecified atom stereocenters. The highest BCUT2D eigenvalue weighted by molar-refractivity contribution is 9.09. The average molecular weight is 422 g/mol. The maximum Gasteiger partial charge on any atom is 0.416 e. The van der Waals surface area contributed by atoms with Crippen molar-refractivity contribution < 1.29 is 18.0 Å². The van der Waals surface area contributed by atoms with Gasteiger partial charge >= 0.3 is 6.18 Å². The van der Waals surface area contributed by atoms with Crippen LogP contribution in [0.15, 0.2) is 24.3 Å². The van der Waals surface area contributed by atoms with Crippen LogP contribution in [0.1, 0.15) is 69.8 Å². The molecule has 0 aliphatic rings. The molecule has 6 heteroatoms. The zero-order valence-corrected chi connectivity index (χ0v) is 16.1. The number of halogens is 4. The van der Waals surface area contributed by atoms with Crippen molar-refractivity contribution in [2.45, 2.75) is 70.4 Å². The van der Waals surface area contributed by atoms with Gasteiger partial charge < -0.3 is 5.32 Å². The highest BCUT2D eigenvalue weighted by atomic mass is 79.9. The van der Waals surface area contributed by atoms with Crippen LogP contribution in [0.2, 0.25) is 0 Å². The lowest BCUT2D eigenvalue weighted by atomic mass is 10.1. The number of unbranched alkanes of at least 4 members (excludes halogenated alkanes) is 8. The van der Waals surface area contributed by atoms with E-state index in [1.165, 1.54) is 50.7 Å². The van der Waals surface area contributed by atoms with E-state index in [9.17, 15) is 18.0 Å². The Hall–Kier alpha value is -1.04. The lowest BCUT2D eigenvalue weighted by Gasteiger charge is -2.09. The summed E-state index contributed by atoms with van der Waals surface area (Å²) < 4.78 is 37.4. The van der Waals surface area contributed by atoms with Crippen LogP contribution in [0.5, 0.6) is 0 Å². The second-order valence-corrected chi connectivity index (χ2v) is 7.04. The second-order valence-electron chi connectivity index (χ2n) is 6.24. The van der Waals surface area contributed by atoms with E-state index < -0.39 is 11.7 Å². The fraction of sp³-hybridized carbons (Fsp3) is 0.632. The highest BCUT2D eigenvalue weighted by Crippen LogP contribution is 2.29. The summed E-state index contributed by atoms with van der Waals surface area (Å²) in [7, 11) is 0. The van der Waals surface area contributed by atoms with Crippen LogP contribution >= 0.6 is 15.9 Å². The molecule has 1 aromatic carbocycles. The molecular formula is C19H27BrF3NO. The summed E-state index contributed by atoms with van der Waals surface area (Å²) in [6.07, 6.45) is 6.58. The third kappa shape index (κ3) is 10.5. The topological polar surface area (TPSA) is 29.1 Å². The Morgan fingerprint density at radius 1 is 0.840 bits per heavy atom. The van der Waals surface area contributed by atoms with Crippen LogP contribution in [-0.4, -0.2) is 11.2 Å². The fourth-order valence-electron chi connectivity index (χ4n) is 2.58. The number of alkyl halides is 4. The standard InChI is InChI=1S/C19H27BrF3NO/c20-15-9-7-5-3-1-2-4-6-8-10-18(25)24-17-13-11-16(12-14-17)19(21,22)23/h11-14H,1-10,15H2,(H,24,25). The smallest absolute Gasteiger partial charge is 0.326 e. The molecule has 25 heavy (non-hydrogen) atoms. The van der Waals surface area contributed by atoms with Gasteiger partial charge in [0.1, 0.15) is 0 Å². The lowest BCUT2D eigenvalue weighted by molar-refractivity contribution is -0.137. The van der Waals surface area contributed by atoms with Crippen molar-refractivity contribution in [3.63, 3.8) is 0 Å². The molecule has 142 valence electrons. The van der Waals surface area contributed by atoms with Crippen LogP contribution in [-0.2, 0) is 11.0 Å². The number of anilines is 1. The van der Waals surface area contributed by atoms with Gasteiger partial charge in [0.15, 0.2) is 0 Å². The van der Waals surface area contributed by atoms with E-state index in [-0.39, 0.29) is 5.91 Å². The number of nitrogens with one attached hydrogen (secondary N) is 1. The van der Waals surface area contributed by atoms with Crippen LogP contribution in [0.25, 0.3) is 0 Å².